The van der Waals surface area contributed by atoms with Gasteiger partial charge in [-0.3, -0.25) is 19.4 Å². The van der Waals surface area contributed by atoms with Gasteiger partial charge in [-0.15, -0.1) is 0 Å². The van der Waals surface area contributed by atoms with Crippen LogP contribution in [0.3, 0.4) is 0 Å². The third-order valence-corrected chi connectivity index (χ3v) is 4.62. The zero-order valence-electron chi connectivity index (χ0n) is 15.2. The highest BCUT2D eigenvalue weighted by Crippen LogP contribution is 2.29. The summed E-state index contributed by atoms with van der Waals surface area (Å²) in [5, 5.41) is 2.81. The molecule has 1 unspecified atom stereocenters. The van der Waals surface area contributed by atoms with Crippen molar-refractivity contribution in [1.82, 2.24) is 4.90 Å². The summed E-state index contributed by atoms with van der Waals surface area (Å²) in [5.74, 6) is 0.508. The number of para-hydroxylation sites is 2. The first-order valence-corrected chi connectivity index (χ1v) is 8.53. The van der Waals surface area contributed by atoms with Crippen molar-refractivity contribution >= 4 is 23.2 Å². The van der Waals surface area contributed by atoms with Gasteiger partial charge in [0.25, 0.3) is 0 Å². The van der Waals surface area contributed by atoms with Crippen LogP contribution in [0.4, 0.5) is 11.4 Å². The van der Waals surface area contributed by atoms with Crippen LogP contribution in [0.1, 0.15) is 12.5 Å². The number of amides is 2. The van der Waals surface area contributed by atoms with E-state index in [0.29, 0.717) is 12.2 Å². The van der Waals surface area contributed by atoms with Gasteiger partial charge in [-0.05, 0) is 43.8 Å². The van der Waals surface area contributed by atoms with Crippen molar-refractivity contribution in [3.05, 3.63) is 54.1 Å². The Hall–Kier alpha value is -2.86. The number of fused-ring (bicyclic) bond motifs is 1. The topological polar surface area (TPSA) is 61.9 Å². The Morgan fingerprint density at radius 2 is 2.04 bits per heavy atom. The van der Waals surface area contributed by atoms with Gasteiger partial charge in [0.05, 0.1) is 24.5 Å². The lowest BCUT2D eigenvalue weighted by Gasteiger charge is -2.33. The molecule has 0 fully saturated rings. The van der Waals surface area contributed by atoms with Crippen LogP contribution in [0.5, 0.6) is 5.75 Å². The molecule has 1 aliphatic rings. The molecule has 136 valence electrons. The lowest BCUT2D eigenvalue weighted by atomic mass is 10.1. The second-order valence-corrected chi connectivity index (χ2v) is 6.43. The van der Waals surface area contributed by atoms with E-state index in [1.54, 1.807) is 18.1 Å². The van der Waals surface area contributed by atoms with E-state index < -0.39 is 0 Å². The number of hydrogen-bond donors (Lipinski definition) is 1. The van der Waals surface area contributed by atoms with E-state index in [0.717, 1.165) is 17.0 Å². The molecule has 2 amide bonds. The minimum absolute atomic E-state index is 0.0349. The molecule has 2 aromatic rings. The highest BCUT2D eigenvalue weighted by Gasteiger charge is 2.31. The molecule has 26 heavy (non-hydrogen) atoms. The maximum Gasteiger partial charge on any atom is 0.244 e. The third-order valence-electron chi connectivity index (χ3n) is 4.62. The molecule has 0 radical (unpaired) electrons. The quantitative estimate of drug-likeness (QED) is 0.897. The Balaban J connectivity index is 1.75. The molecule has 0 aliphatic carbocycles. The normalized spacial score (nSPS) is 14.6. The number of carbonyl (C=O) groups excluding carboxylic acids is 2. The van der Waals surface area contributed by atoms with E-state index in [4.69, 9.17) is 4.74 Å². The van der Waals surface area contributed by atoms with Crippen LogP contribution in [0, 0.1) is 0 Å². The van der Waals surface area contributed by atoms with E-state index in [1.807, 2.05) is 61.3 Å². The SMILES string of the molecule is COc1cccc(CN(C)C(C)C(=O)N2CC(=O)Nc3ccccc32)c1. The zero-order valence-corrected chi connectivity index (χ0v) is 15.2. The molecule has 6 nitrogen and oxygen atoms in total. The van der Waals surface area contributed by atoms with Gasteiger partial charge in [0.15, 0.2) is 0 Å². The van der Waals surface area contributed by atoms with Gasteiger partial charge in [0.1, 0.15) is 12.3 Å². The van der Waals surface area contributed by atoms with Crippen molar-refractivity contribution in [2.45, 2.75) is 19.5 Å². The van der Waals surface area contributed by atoms with Crippen molar-refractivity contribution < 1.29 is 14.3 Å². The molecule has 1 heterocycles. The summed E-state index contributed by atoms with van der Waals surface area (Å²) in [6.45, 7) is 2.50. The van der Waals surface area contributed by atoms with Crippen LogP contribution in [0.25, 0.3) is 0 Å². The number of rotatable bonds is 5. The molecule has 3 rings (SSSR count). The minimum Gasteiger partial charge on any atom is -0.497 e. The largest absolute Gasteiger partial charge is 0.497 e. The fourth-order valence-corrected chi connectivity index (χ4v) is 3.04. The van der Waals surface area contributed by atoms with Crippen LogP contribution in [0.2, 0.25) is 0 Å². The fourth-order valence-electron chi connectivity index (χ4n) is 3.04. The first-order chi connectivity index (χ1) is 12.5. The highest BCUT2D eigenvalue weighted by atomic mass is 16.5. The highest BCUT2D eigenvalue weighted by molar-refractivity contribution is 6.11. The molecule has 0 spiro atoms. The number of methoxy groups -OCH3 is 1. The smallest absolute Gasteiger partial charge is 0.244 e. The fraction of sp³-hybridized carbons (Fsp3) is 0.300. The first-order valence-electron chi connectivity index (χ1n) is 8.53. The number of carbonyl (C=O) groups is 2. The summed E-state index contributed by atoms with van der Waals surface area (Å²) >= 11 is 0. The van der Waals surface area contributed by atoms with Gasteiger partial charge < -0.3 is 10.1 Å². The van der Waals surface area contributed by atoms with E-state index in [9.17, 15) is 9.59 Å². The summed E-state index contributed by atoms with van der Waals surface area (Å²) in [7, 11) is 3.53. The average molecular weight is 353 g/mol. The standard InChI is InChI=1S/C20H23N3O3/c1-14(22(2)12-15-7-6-8-16(11-15)26-3)20(25)23-13-19(24)21-17-9-4-5-10-18(17)23/h4-11,14H,12-13H2,1-3H3,(H,21,24). The molecule has 0 bridgehead atoms. The second kappa shape index (κ2) is 7.58. The molecular formula is C20H23N3O3. The number of hydrogen-bond acceptors (Lipinski definition) is 4. The van der Waals surface area contributed by atoms with E-state index >= 15 is 0 Å². The summed E-state index contributed by atoms with van der Waals surface area (Å²) in [6, 6.07) is 14.8. The van der Waals surface area contributed by atoms with Crippen LogP contribution < -0.4 is 15.0 Å². The van der Waals surface area contributed by atoms with E-state index in [2.05, 4.69) is 5.32 Å². The van der Waals surface area contributed by atoms with E-state index in [1.165, 1.54) is 0 Å². The summed E-state index contributed by atoms with van der Waals surface area (Å²) in [6.07, 6.45) is 0. The van der Waals surface area contributed by atoms with Crippen molar-refractivity contribution in [2.75, 3.05) is 30.9 Å². The monoisotopic (exact) mass is 353 g/mol. The zero-order chi connectivity index (χ0) is 18.7. The summed E-state index contributed by atoms with van der Waals surface area (Å²) < 4.78 is 5.25. The number of benzene rings is 2. The van der Waals surface area contributed by atoms with Crippen molar-refractivity contribution in [2.24, 2.45) is 0 Å². The third kappa shape index (κ3) is 3.70. The number of ether oxygens (including phenoxy) is 1. The molecule has 0 saturated heterocycles. The Morgan fingerprint density at radius 1 is 1.27 bits per heavy atom. The molecule has 1 aliphatic heterocycles. The van der Waals surface area contributed by atoms with Gasteiger partial charge in [-0.2, -0.15) is 0 Å². The number of nitrogens with one attached hydrogen (secondary N) is 1. The first kappa shape index (κ1) is 17.9. The Bertz CT molecular complexity index is 821. The molecule has 1 atom stereocenters. The average Bonchev–Trinajstić information content (AvgIpc) is 2.66. The van der Waals surface area contributed by atoms with Crippen molar-refractivity contribution in [1.29, 1.82) is 0 Å². The van der Waals surface area contributed by atoms with Crippen molar-refractivity contribution in [3.63, 3.8) is 0 Å². The Morgan fingerprint density at radius 3 is 2.81 bits per heavy atom. The van der Waals surface area contributed by atoms with Crippen LogP contribution >= 0.6 is 0 Å². The Kier molecular flexibility index (Phi) is 5.23. The number of nitrogens with zero attached hydrogens (tertiary/aromatic N) is 2. The lowest BCUT2D eigenvalue weighted by Crippen LogP contribution is -2.50. The molecule has 6 heteroatoms. The molecule has 0 aromatic heterocycles. The van der Waals surface area contributed by atoms with Gasteiger partial charge in [0.2, 0.25) is 11.8 Å². The van der Waals surface area contributed by atoms with Gasteiger partial charge in [0, 0.05) is 6.54 Å². The van der Waals surface area contributed by atoms with Gasteiger partial charge >= 0.3 is 0 Å². The van der Waals surface area contributed by atoms with Gasteiger partial charge in [-0.25, -0.2) is 0 Å². The second-order valence-electron chi connectivity index (χ2n) is 6.43. The Labute approximate surface area is 153 Å². The number of likely N-dealkylation sites (N-methyl/N-ethyl adjacent to an activating group) is 1. The van der Waals surface area contributed by atoms with Gasteiger partial charge in [-0.1, -0.05) is 24.3 Å². The summed E-state index contributed by atoms with van der Waals surface area (Å²) in [5.41, 5.74) is 2.46. The predicted octanol–water partition coefficient (Wildman–Crippen LogP) is 2.50. The van der Waals surface area contributed by atoms with Crippen LogP contribution in [-0.4, -0.2) is 43.5 Å². The molecule has 2 aromatic carbocycles. The molecule has 0 saturated carbocycles. The molecule has 1 N–H and O–H groups in total. The summed E-state index contributed by atoms with van der Waals surface area (Å²) in [4.78, 5) is 28.5. The van der Waals surface area contributed by atoms with Crippen LogP contribution in [-0.2, 0) is 16.1 Å². The maximum atomic E-state index is 13.0. The van der Waals surface area contributed by atoms with Crippen molar-refractivity contribution in [3.8, 4) is 5.75 Å². The predicted molar refractivity (Wildman–Crippen MR) is 101 cm³/mol. The lowest BCUT2D eigenvalue weighted by molar-refractivity contribution is -0.125. The number of anilines is 2. The van der Waals surface area contributed by atoms with Crippen LogP contribution in [0.15, 0.2) is 48.5 Å². The minimum atomic E-state index is -0.375. The maximum absolute atomic E-state index is 13.0. The molecular weight excluding hydrogens is 330 g/mol. The van der Waals surface area contributed by atoms with E-state index in [-0.39, 0.29) is 24.4 Å².